The second kappa shape index (κ2) is 12.4. The smallest absolute Gasteiger partial charge is 0.236 e. The van der Waals surface area contributed by atoms with Crippen LogP contribution in [0.15, 0.2) is 58.9 Å². The molecule has 0 spiro atoms. The third-order valence-corrected chi connectivity index (χ3v) is 7.18. The molecule has 38 heavy (non-hydrogen) atoms. The Hall–Kier alpha value is -4.13. The second-order valence-electron chi connectivity index (χ2n) is 8.22. The molecule has 192 valence electrons. The molecule has 0 saturated carbocycles. The summed E-state index contributed by atoms with van der Waals surface area (Å²) in [6.07, 6.45) is -0.986. The van der Waals surface area contributed by atoms with E-state index in [1.807, 2.05) is 36.6 Å². The van der Waals surface area contributed by atoms with Crippen LogP contribution < -0.4 is 15.8 Å². The minimum absolute atomic E-state index is 0.0444. The first-order chi connectivity index (χ1) is 18.4. The zero-order chi connectivity index (χ0) is 27.1. The lowest BCUT2D eigenvalue weighted by Gasteiger charge is -2.14. The standard InChI is InChI=1S/C27H24N6O3S2/c1-16-4-3-5-18(10-16)31-27-32-19(15-38-27)14-37-26-22(11-28)23(24(30-2)25(29)33-26)17-6-8-21(9-7-17)36-13-20(35)12-34/h3-10,15,20,34-35H,12-14H2,1H3,(H2,29,33)(H,31,32)/t20-/m1/s1. The first-order valence-corrected chi connectivity index (χ1v) is 13.3. The minimum Gasteiger partial charge on any atom is -0.491 e. The number of nitrogen functional groups attached to an aromatic ring is 1. The van der Waals surface area contributed by atoms with Gasteiger partial charge in [0.1, 0.15) is 35.4 Å². The predicted octanol–water partition coefficient (Wildman–Crippen LogP) is 5.29. The molecule has 0 fully saturated rings. The Labute approximate surface area is 228 Å². The molecular formula is C27H24N6O3S2. The third kappa shape index (κ3) is 6.40. The van der Waals surface area contributed by atoms with E-state index in [-0.39, 0.29) is 23.7 Å². The van der Waals surface area contributed by atoms with Crippen molar-refractivity contribution in [2.45, 2.75) is 23.8 Å². The van der Waals surface area contributed by atoms with Gasteiger partial charge in [-0.05, 0) is 42.3 Å². The number of aliphatic hydroxyl groups is 2. The quantitative estimate of drug-likeness (QED) is 0.155. The molecule has 5 N–H and O–H groups in total. The molecule has 4 rings (SSSR count). The number of ether oxygens (including phenoxy) is 1. The Kier molecular flexibility index (Phi) is 8.79. The maximum Gasteiger partial charge on any atom is 0.236 e. The van der Waals surface area contributed by atoms with E-state index in [1.165, 1.54) is 23.1 Å². The number of nitrogens with two attached hydrogens (primary N) is 1. The number of aliphatic hydroxyl groups excluding tert-OH is 2. The van der Waals surface area contributed by atoms with Gasteiger partial charge in [-0.2, -0.15) is 5.26 Å². The van der Waals surface area contributed by atoms with Gasteiger partial charge in [0.05, 0.1) is 24.4 Å². The summed E-state index contributed by atoms with van der Waals surface area (Å²) in [7, 11) is 0. The first kappa shape index (κ1) is 26.9. The fourth-order valence-electron chi connectivity index (χ4n) is 3.56. The Bertz CT molecular complexity index is 1510. The van der Waals surface area contributed by atoms with Gasteiger partial charge in [-0.3, -0.25) is 0 Å². The lowest BCUT2D eigenvalue weighted by atomic mass is 10.00. The highest BCUT2D eigenvalue weighted by molar-refractivity contribution is 7.98. The molecule has 2 aromatic heterocycles. The molecule has 0 bridgehead atoms. The van der Waals surface area contributed by atoms with Crippen molar-refractivity contribution in [1.29, 1.82) is 5.26 Å². The summed E-state index contributed by atoms with van der Waals surface area (Å²) in [5.41, 5.74) is 10.4. The SMILES string of the molecule is [C-]#[N+]c1c(N)nc(SCc2csc(Nc3cccc(C)c3)n2)c(C#N)c1-c1ccc(OC[C@H](O)CO)cc1. The van der Waals surface area contributed by atoms with Gasteiger partial charge >= 0.3 is 0 Å². The van der Waals surface area contributed by atoms with Crippen molar-refractivity contribution in [2.75, 3.05) is 24.3 Å². The Morgan fingerprint density at radius 1 is 1.26 bits per heavy atom. The number of rotatable bonds is 10. The van der Waals surface area contributed by atoms with Crippen LogP contribution in [0.1, 0.15) is 16.8 Å². The molecule has 0 aliphatic carbocycles. The van der Waals surface area contributed by atoms with E-state index < -0.39 is 12.7 Å². The van der Waals surface area contributed by atoms with Crippen LogP contribution in [0.2, 0.25) is 0 Å². The van der Waals surface area contributed by atoms with Crippen molar-refractivity contribution < 1.29 is 14.9 Å². The molecule has 2 aromatic carbocycles. The number of pyridine rings is 1. The van der Waals surface area contributed by atoms with Gasteiger partial charge in [-0.1, -0.05) is 36.0 Å². The number of nitriles is 1. The fourth-order valence-corrected chi connectivity index (χ4v) is 5.28. The van der Waals surface area contributed by atoms with Crippen molar-refractivity contribution in [2.24, 2.45) is 0 Å². The monoisotopic (exact) mass is 544 g/mol. The minimum atomic E-state index is -0.986. The third-order valence-electron chi connectivity index (χ3n) is 5.36. The highest BCUT2D eigenvalue weighted by Gasteiger charge is 2.21. The van der Waals surface area contributed by atoms with E-state index in [4.69, 9.17) is 22.1 Å². The van der Waals surface area contributed by atoms with E-state index in [1.54, 1.807) is 24.3 Å². The van der Waals surface area contributed by atoms with Gasteiger partial charge in [0, 0.05) is 22.4 Å². The van der Waals surface area contributed by atoms with E-state index in [9.17, 15) is 10.4 Å². The number of aryl methyl sites for hydroxylation is 1. The molecule has 2 heterocycles. The average molecular weight is 545 g/mol. The van der Waals surface area contributed by atoms with Crippen LogP contribution >= 0.6 is 23.1 Å². The number of nitrogens with zero attached hydrogens (tertiary/aromatic N) is 4. The summed E-state index contributed by atoms with van der Waals surface area (Å²) in [5, 5.41) is 34.9. The Morgan fingerprint density at radius 3 is 2.74 bits per heavy atom. The normalized spacial score (nSPS) is 11.4. The van der Waals surface area contributed by atoms with Gasteiger partial charge < -0.3 is 26.0 Å². The van der Waals surface area contributed by atoms with Crippen LogP contribution in [0.25, 0.3) is 16.0 Å². The van der Waals surface area contributed by atoms with Crippen LogP contribution in [0, 0.1) is 24.8 Å². The maximum absolute atomic E-state index is 10.0. The Morgan fingerprint density at radius 2 is 2.05 bits per heavy atom. The molecule has 0 unspecified atom stereocenters. The summed E-state index contributed by atoms with van der Waals surface area (Å²) in [4.78, 5) is 12.5. The van der Waals surface area contributed by atoms with Crippen molar-refractivity contribution in [3.05, 3.63) is 82.1 Å². The molecular weight excluding hydrogens is 520 g/mol. The number of thioether (sulfide) groups is 1. The summed E-state index contributed by atoms with van der Waals surface area (Å²) >= 11 is 2.82. The highest BCUT2D eigenvalue weighted by Crippen LogP contribution is 2.42. The molecule has 0 aliphatic rings. The summed E-state index contributed by atoms with van der Waals surface area (Å²) in [6, 6.07) is 17.0. The number of thiazole rings is 1. The molecule has 0 aliphatic heterocycles. The van der Waals surface area contributed by atoms with Crippen molar-refractivity contribution >= 4 is 45.4 Å². The highest BCUT2D eigenvalue weighted by atomic mass is 32.2. The fraction of sp³-hybridized carbons (Fsp3) is 0.185. The lowest BCUT2D eigenvalue weighted by Crippen LogP contribution is -2.21. The van der Waals surface area contributed by atoms with Gasteiger partial charge in [0.2, 0.25) is 5.69 Å². The maximum atomic E-state index is 10.0. The lowest BCUT2D eigenvalue weighted by molar-refractivity contribution is 0.0536. The molecule has 11 heteroatoms. The van der Waals surface area contributed by atoms with E-state index in [0.717, 1.165) is 22.1 Å². The number of hydrogen-bond donors (Lipinski definition) is 4. The van der Waals surface area contributed by atoms with Crippen LogP contribution in [-0.2, 0) is 5.75 Å². The van der Waals surface area contributed by atoms with Crippen LogP contribution in [0.4, 0.5) is 22.3 Å². The van der Waals surface area contributed by atoms with Crippen molar-refractivity contribution in [3.8, 4) is 22.9 Å². The van der Waals surface area contributed by atoms with E-state index >= 15 is 0 Å². The van der Waals surface area contributed by atoms with E-state index in [0.29, 0.717) is 27.7 Å². The first-order valence-electron chi connectivity index (χ1n) is 11.5. The summed E-state index contributed by atoms with van der Waals surface area (Å²) in [6.45, 7) is 9.20. The molecule has 0 radical (unpaired) electrons. The topological polar surface area (TPSA) is 142 Å². The second-order valence-corrected chi connectivity index (χ2v) is 10.0. The van der Waals surface area contributed by atoms with Crippen LogP contribution in [-0.4, -0.2) is 39.5 Å². The van der Waals surface area contributed by atoms with Crippen molar-refractivity contribution in [1.82, 2.24) is 9.97 Å². The van der Waals surface area contributed by atoms with Gasteiger partial charge in [0.15, 0.2) is 5.13 Å². The summed E-state index contributed by atoms with van der Waals surface area (Å²) in [5.74, 6) is 0.978. The van der Waals surface area contributed by atoms with Crippen LogP contribution in [0.3, 0.4) is 0 Å². The number of aromatic nitrogens is 2. The number of hydrogen-bond acceptors (Lipinski definition) is 10. The molecule has 1 atom stereocenters. The van der Waals surface area contributed by atoms with E-state index in [2.05, 4.69) is 26.2 Å². The zero-order valence-electron chi connectivity index (χ0n) is 20.4. The number of nitrogens with one attached hydrogen (secondary N) is 1. The van der Waals surface area contributed by atoms with Crippen LogP contribution in [0.5, 0.6) is 5.75 Å². The molecule has 9 nitrogen and oxygen atoms in total. The van der Waals surface area contributed by atoms with Crippen molar-refractivity contribution in [3.63, 3.8) is 0 Å². The van der Waals surface area contributed by atoms with Gasteiger partial charge in [-0.15, -0.1) is 11.3 Å². The predicted molar refractivity (Wildman–Crippen MR) is 150 cm³/mol. The Balaban J connectivity index is 1.56. The zero-order valence-corrected chi connectivity index (χ0v) is 22.0. The molecule has 0 saturated heterocycles. The largest absolute Gasteiger partial charge is 0.491 e. The van der Waals surface area contributed by atoms with Gasteiger partial charge in [0.25, 0.3) is 0 Å². The average Bonchev–Trinajstić information content (AvgIpc) is 3.37. The number of benzene rings is 2. The van der Waals surface area contributed by atoms with Gasteiger partial charge in [-0.25, -0.2) is 14.8 Å². The molecule has 4 aromatic rings. The molecule has 0 amide bonds. The number of anilines is 3. The summed E-state index contributed by atoms with van der Waals surface area (Å²) < 4.78 is 5.46.